The van der Waals surface area contributed by atoms with Gasteiger partial charge < -0.3 is 9.64 Å². The number of hydrogen-bond acceptors (Lipinski definition) is 7. The number of methoxy groups -OCH3 is 1. The highest BCUT2D eigenvalue weighted by Crippen LogP contribution is 2.25. The van der Waals surface area contributed by atoms with E-state index in [-0.39, 0.29) is 5.91 Å². The molecule has 0 saturated carbocycles. The van der Waals surface area contributed by atoms with Crippen LogP contribution in [0.4, 0.5) is 0 Å². The molecule has 2 aromatic heterocycles. The molecule has 1 aliphatic heterocycles. The van der Waals surface area contributed by atoms with Gasteiger partial charge in [0, 0.05) is 18.0 Å². The van der Waals surface area contributed by atoms with Gasteiger partial charge in [0.25, 0.3) is 0 Å². The normalized spacial score (nSPS) is 13.5. The molecule has 0 spiro atoms. The second kappa shape index (κ2) is 7.46. The Bertz CT molecular complexity index is 906. The first-order valence-corrected chi connectivity index (χ1v) is 10.00. The SMILES string of the molecule is COc1ccc(-n2nnnc2SCC(=O)N2CCc3sccc3C2)cc1. The summed E-state index contributed by atoms with van der Waals surface area (Å²) in [6.45, 7) is 1.47. The number of carbonyl (C=O) groups excluding carboxylic acids is 1. The second-order valence-corrected chi connectivity index (χ2v) is 7.74. The molecule has 7 nitrogen and oxygen atoms in total. The van der Waals surface area contributed by atoms with Gasteiger partial charge in [0.2, 0.25) is 11.1 Å². The van der Waals surface area contributed by atoms with Crippen molar-refractivity contribution in [3.05, 3.63) is 46.2 Å². The van der Waals surface area contributed by atoms with Gasteiger partial charge in [0.1, 0.15) is 5.75 Å². The Morgan fingerprint density at radius 1 is 1.31 bits per heavy atom. The van der Waals surface area contributed by atoms with Gasteiger partial charge in [0.05, 0.1) is 18.6 Å². The number of amides is 1. The highest BCUT2D eigenvalue weighted by atomic mass is 32.2. The summed E-state index contributed by atoms with van der Waals surface area (Å²) < 4.78 is 6.80. The Morgan fingerprint density at radius 3 is 2.96 bits per heavy atom. The lowest BCUT2D eigenvalue weighted by Gasteiger charge is -2.26. The van der Waals surface area contributed by atoms with Crippen LogP contribution >= 0.6 is 23.1 Å². The highest BCUT2D eigenvalue weighted by Gasteiger charge is 2.22. The third-order valence-electron chi connectivity index (χ3n) is 4.24. The van der Waals surface area contributed by atoms with Crippen molar-refractivity contribution in [3.63, 3.8) is 0 Å². The third-order valence-corrected chi connectivity index (χ3v) is 6.17. The second-order valence-electron chi connectivity index (χ2n) is 5.79. The lowest BCUT2D eigenvalue weighted by molar-refractivity contribution is -0.129. The minimum atomic E-state index is 0.108. The van der Waals surface area contributed by atoms with E-state index in [1.807, 2.05) is 29.2 Å². The van der Waals surface area contributed by atoms with Crippen molar-refractivity contribution in [2.75, 3.05) is 19.4 Å². The fourth-order valence-electron chi connectivity index (χ4n) is 2.83. The molecule has 0 unspecified atom stereocenters. The van der Waals surface area contributed by atoms with Crippen LogP contribution in [-0.4, -0.2) is 50.4 Å². The van der Waals surface area contributed by atoms with Crippen LogP contribution in [0.15, 0.2) is 40.9 Å². The zero-order chi connectivity index (χ0) is 17.9. The molecule has 26 heavy (non-hydrogen) atoms. The molecular formula is C17H17N5O2S2. The van der Waals surface area contributed by atoms with Crippen molar-refractivity contribution in [2.24, 2.45) is 0 Å². The van der Waals surface area contributed by atoms with Crippen LogP contribution < -0.4 is 4.74 Å². The first kappa shape index (κ1) is 17.0. The molecule has 1 aromatic carbocycles. The summed E-state index contributed by atoms with van der Waals surface area (Å²) >= 11 is 3.12. The van der Waals surface area contributed by atoms with Gasteiger partial charge in [-0.25, -0.2) is 0 Å². The van der Waals surface area contributed by atoms with Crippen LogP contribution in [0.25, 0.3) is 5.69 Å². The standard InChI is InChI=1S/C17H17N5O2S2/c1-24-14-4-2-13(3-5-14)22-17(18-19-20-22)26-11-16(23)21-8-6-15-12(10-21)7-9-25-15/h2-5,7,9H,6,8,10-11H2,1H3. The van der Waals surface area contributed by atoms with Crippen molar-refractivity contribution in [1.82, 2.24) is 25.1 Å². The van der Waals surface area contributed by atoms with Gasteiger partial charge in [-0.05, 0) is 58.1 Å². The van der Waals surface area contributed by atoms with Gasteiger partial charge in [-0.3, -0.25) is 4.79 Å². The lowest BCUT2D eigenvalue weighted by Crippen LogP contribution is -2.36. The van der Waals surface area contributed by atoms with E-state index < -0.39 is 0 Å². The molecule has 0 atom stereocenters. The number of aromatic nitrogens is 4. The van der Waals surface area contributed by atoms with Gasteiger partial charge in [-0.1, -0.05) is 11.8 Å². The number of ether oxygens (including phenoxy) is 1. The molecule has 1 aliphatic rings. The summed E-state index contributed by atoms with van der Waals surface area (Å²) in [5.41, 5.74) is 2.09. The summed E-state index contributed by atoms with van der Waals surface area (Å²) in [6.07, 6.45) is 0.937. The largest absolute Gasteiger partial charge is 0.497 e. The molecule has 3 heterocycles. The zero-order valence-electron chi connectivity index (χ0n) is 14.2. The fourth-order valence-corrected chi connectivity index (χ4v) is 4.52. The smallest absolute Gasteiger partial charge is 0.233 e. The van der Waals surface area contributed by atoms with Crippen LogP contribution in [0.1, 0.15) is 10.4 Å². The Hall–Kier alpha value is -2.39. The molecule has 3 aromatic rings. The number of nitrogens with zero attached hydrogens (tertiary/aromatic N) is 5. The van der Waals surface area contributed by atoms with Crippen LogP contribution in [-0.2, 0) is 17.8 Å². The van der Waals surface area contributed by atoms with Crippen molar-refractivity contribution in [1.29, 1.82) is 0 Å². The van der Waals surface area contributed by atoms with Gasteiger partial charge in [0.15, 0.2) is 0 Å². The van der Waals surface area contributed by atoms with E-state index in [0.717, 1.165) is 24.4 Å². The molecule has 4 rings (SSSR count). The summed E-state index contributed by atoms with van der Waals surface area (Å²) in [7, 11) is 1.62. The van der Waals surface area contributed by atoms with Crippen LogP contribution in [0.5, 0.6) is 5.75 Å². The Balaban J connectivity index is 1.41. The summed E-state index contributed by atoms with van der Waals surface area (Å²) in [6, 6.07) is 9.57. The van der Waals surface area contributed by atoms with E-state index in [9.17, 15) is 4.79 Å². The van der Waals surface area contributed by atoms with E-state index in [1.54, 1.807) is 23.1 Å². The van der Waals surface area contributed by atoms with Crippen molar-refractivity contribution in [3.8, 4) is 11.4 Å². The van der Waals surface area contributed by atoms with Gasteiger partial charge in [-0.15, -0.1) is 16.4 Å². The number of benzene rings is 1. The maximum atomic E-state index is 12.6. The van der Waals surface area contributed by atoms with E-state index in [1.165, 1.54) is 22.2 Å². The Morgan fingerprint density at radius 2 is 2.15 bits per heavy atom. The van der Waals surface area contributed by atoms with Gasteiger partial charge in [-0.2, -0.15) is 4.68 Å². The minimum Gasteiger partial charge on any atom is -0.497 e. The molecular weight excluding hydrogens is 370 g/mol. The zero-order valence-corrected chi connectivity index (χ0v) is 15.8. The molecule has 134 valence electrons. The number of tetrazole rings is 1. The van der Waals surface area contributed by atoms with Crippen molar-refractivity contribution < 1.29 is 9.53 Å². The number of rotatable bonds is 5. The number of carbonyl (C=O) groups is 1. The predicted molar refractivity (Wildman–Crippen MR) is 99.9 cm³/mol. The first-order valence-electron chi connectivity index (χ1n) is 8.13. The van der Waals surface area contributed by atoms with Crippen LogP contribution in [0.2, 0.25) is 0 Å². The average Bonchev–Trinajstić information content (AvgIpc) is 3.34. The van der Waals surface area contributed by atoms with E-state index >= 15 is 0 Å². The monoisotopic (exact) mass is 387 g/mol. The maximum absolute atomic E-state index is 12.6. The van der Waals surface area contributed by atoms with Crippen LogP contribution in [0, 0.1) is 0 Å². The maximum Gasteiger partial charge on any atom is 0.233 e. The van der Waals surface area contributed by atoms with Crippen LogP contribution in [0.3, 0.4) is 0 Å². The highest BCUT2D eigenvalue weighted by molar-refractivity contribution is 7.99. The summed E-state index contributed by atoms with van der Waals surface area (Å²) in [5.74, 6) is 1.19. The average molecular weight is 387 g/mol. The summed E-state index contributed by atoms with van der Waals surface area (Å²) in [5, 5.41) is 14.5. The molecule has 0 N–H and O–H groups in total. The Labute approximate surface area is 159 Å². The van der Waals surface area contributed by atoms with Crippen molar-refractivity contribution in [2.45, 2.75) is 18.1 Å². The number of hydrogen-bond donors (Lipinski definition) is 0. The number of thioether (sulfide) groups is 1. The number of thiophene rings is 1. The summed E-state index contributed by atoms with van der Waals surface area (Å²) in [4.78, 5) is 15.9. The molecule has 0 saturated heterocycles. The minimum absolute atomic E-state index is 0.108. The lowest BCUT2D eigenvalue weighted by atomic mass is 10.1. The van der Waals surface area contributed by atoms with E-state index in [0.29, 0.717) is 17.5 Å². The third kappa shape index (κ3) is 3.45. The van der Waals surface area contributed by atoms with E-state index in [2.05, 4.69) is 27.0 Å². The molecule has 1 amide bonds. The predicted octanol–water partition coefficient (Wildman–Crippen LogP) is 2.41. The molecule has 0 radical (unpaired) electrons. The molecule has 0 aliphatic carbocycles. The van der Waals surface area contributed by atoms with E-state index in [4.69, 9.17) is 4.74 Å². The fraction of sp³-hybridized carbons (Fsp3) is 0.294. The number of fused-ring (bicyclic) bond motifs is 1. The van der Waals surface area contributed by atoms with Crippen molar-refractivity contribution >= 4 is 29.0 Å². The molecule has 9 heteroatoms. The quantitative estimate of drug-likeness (QED) is 0.626. The Kier molecular flexibility index (Phi) is 4.89. The molecule has 0 bridgehead atoms. The van der Waals surface area contributed by atoms with Gasteiger partial charge >= 0.3 is 0 Å². The first-order chi connectivity index (χ1) is 12.7. The topological polar surface area (TPSA) is 73.1 Å². The molecule has 0 fully saturated rings.